The Morgan fingerprint density at radius 1 is 1.00 bits per heavy atom. The van der Waals surface area contributed by atoms with Crippen molar-refractivity contribution in [3.63, 3.8) is 0 Å². The molecule has 0 spiro atoms. The van der Waals surface area contributed by atoms with Gasteiger partial charge >= 0.3 is 0 Å². The van der Waals surface area contributed by atoms with E-state index in [9.17, 15) is 9.59 Å². The van der Waals surface area contributed by atoms with Crippen LogP contribution in [0, 0.1) is 0 Å². The summed E-state index contributed by atoms with van der Waals surface area (Å²) in [6.45, 7) is 6.99. The number of ether oxygens (including phenoxy) is 2. The predicted molar refractivity (Wildman–Crippen MR) is 138 cm³/mol. The maximum Gasteiger partial charge on any atom is 0.297 e. The molecule has 0 N–H and O–H groups in total. The van der Waals surface area contributed by atoms with Crippen LogP contribution in [0.1, 0.15) is 66.3 Å². The lowest BCUT2D eigenvalue weighted by atomic mass is 9.98. The van der Waals surface area contributed by atoms with E-state index in [2.05, 4.69) is 17.1 Å². The Labute approximate surface area is 212 Å². The molecule has 36 heavy (non-hydrogen) atoms. The average molecular weight is 506 g/mol. The molecule has 1 aliphatic rings. The van der Waals surface area contributed by atoms with Gasteiger partial charge in [0, 0.05) is 6.42 Å². The van der Waals surface area contributed by atoms with Crippen LogP contribution in [0.2, 0.25) is 0 Å². The van der Waals surface area contributed by atoms with Gasteiger partial charge in [0.25, 0.3) is 5.91 Å². The average Bonchev–Trinajstić information content (AvgIpc) is 3.46. The molecule has 0 saturated carbocycles. The lowest BCUT2D eigenvalue weighted by molar-refractivity contribution is 0.0970. The topological polar surface area (TPSA) is 94.8 Å². The van der Waals surface area contributed by atoms with Crippen molar-refractivity contribution in [1.82, 2.24) is 10.2 Å². The summed E-state index contributed by atoms with van der Waals surface area (Å²) in [7, 11) is 0. The van der Waals surface area contributed by atoms with E-state index >= 15 is 0 Å². The van der Waals surface area contributed by atoms with Gasteiger partial charge < -0.3 is 13.9 Å². The number of amides is 1. The lowest BCUT2D eigenvalue weighted by Crippen LogP contribution is -2.29. The molecule has 4 aromatic rings. The van der Waals surface area contributed by atoms with Crippen molar-refractivity contribution >= 4 is 33.3 Å². The van der Waals surface area contributed by atoms with Gasteiger partial charge in [0.1, 0.15) is 10.6 Å². The first kappa shape index (κ1) is 24.0. The van der Waals surface area contributed by atoms with Gasteiger partial charge in [-0.2, -0.15) is 0 Å². The van der Waals surface area contributed by atoms with Crippen molar-refractivity contribution in [2.45, 2.75) is 46.1 Å². The minimum Gasteiger partial charge on any atom is -0.490 e. The number of aryl methyl sites for hydroxylation is 1. The molecule has 0 radical (unpaired) electrons. The number of para-hydroxylation sites is 1. The SMILES string of the molecule is CCCOc1ccc(C2c3c(oc4ccccc4c3=O)C(=O)N2c2nnc(CCC)s2)cc1OCC. The highest BCUT2D eigenvalue weighted by Crippen LogP contribution is 2.44. The van der Waals surface area contributed by atoms with Gasteiger partial charge in [-0.1, -0.05) is 43.4 Å². The van der Waals surface area contributed by atoms with Gasteiger partial charge in [-0.15, -0.1) is 10.2 Å². The Balaban J connectivity index is 1.71. The quantitative estimate of drug-likeness (QED) is 0.295. The van der Waals surface area contributed by atoms with Crippen LogP contribution in [0.25, 0.3) is 11.0 Å². The fourth-order valence-corrected chi connectivity index (χ4v) is 5.35. The van der Waals surface area contributed by atoms with Crippen LogP contribution in [-0.4, -0.2) is 29.3 Å². The fourth-order valence-electron chi connectivity index (χ4n) is 4.38. The van der Waals surface area contributed by atoms with Gasteiger partial charge in [0.05, 0.1) is 30.2 Å². The normalized spacial score (nSPS) is 14.9. The number of hydrogen-bond donors (Lipinski definition) is 0. The number of benzene rings is 2. The maximum atomic E-state index is 13.7. The van der Waals surface area contributed by atoms with E-state index in [4.69, 9.17) is 13.9 Å². The van der Waals surface area contributed by atoms with Crippen molar-refractivity contribution in [3.05, 3.63) is 74.6 Å². The molecule has 2 aromatic carbocycles. The van der Waals surface area contributed by atoms with Crippen LogP contribution in [0.3, 0.4) is 0 Å². The van der Waals surface area contributed by atoms with Crippen LogP contribution in [-0.2, 0) is 6.42 Å². The Hall–Kier alpha value is -3.72. The van der Waals surface area contributed by atoms with E-state index in [1.807, 2.05) is 32.0 Å². The first-order valence-corrected chi connectivity index (χ1v) is 13.0. The summed E-state index contributed by atoms with van der Waals surface area (Å²) < 4.78 is 17.8. The molecule has 5 rings (SSSR count). The Bertz CT molecular complexity index is 1480. The number of carbonyl (C=O) groups is 1. The van der Waals surface area contributed by atoms with Crippen molar-refractivity contribution in [1.29, 1.82) is 0 Å². The molecule has 1 amide bonds. The summed E-state index contributed by atoms with van der Waals surface area (Å²) in [5.41, 5.74) is 1.12. The van der Waals surface area contributed by atoms with E-state index in [1.54, 1.807) is 24.3 Å². The summed E-state index contributed by atoms with van der Waals surface area (Å²) in [6, 6.07) is 11.7. The zero-order valence-electron chi connectivity index (χ0n) is 20.4. The number of rotatable bonds is 9. The zero-order chi connectivity index (χ0) is 25.2. The van der Waals surface area contributed by atoms with Gasteiger partial charge in [-0.25, -0.2) is 0 Å². The number of nitrogens with zero attached hydrogens (tertiary/aromatic N) is 3. The molecule has 2 aromatic heterocycles. The third-order valence-corrected chi connectivity index (χ3v) is 6.93. The third kappa shape index (κ3) is 4.13. The van der Waals surface area contributed by atoms with E-state index in [0.717, 1.165) is 24.3 Å². The van der Waals surface area contributed by atoms with Gasteiger partial charge in [0.2, 0.25) is 10.9 Å². The predicted octanol–water partition coefficient (Wildman–Crippen LogP) is 5.53. The van der Waals surface area contributed by atoms with E-state index < -0.39 is 11.9 Å². The minimum absolute atomic E-state index is 0.0280. The van der Waals surface area contributed by atoms with Gasteiger partial charge in [-0.3, -0.25) is 14.5 Å². The van der Waals surface area contributed by atoms with E-state index in [-0.39, 0.29) is 16.8 Å². The second-order valence-corrected chi connectivity index (χ2v) is 9.50. The van der Waals surface area contributed by atoms with E-state index in [1.165, 1.54) is 16.2 Å². The van der Waals surface area contributed by atoms with E-state index in [0.29, 0.717) is 46.4 Å². The summed E-state index contributed by atoms with van der Waals surface area (Å²) in [5, 5.41) is 10.3. The Morgan fingerprint density at radius 3 is 2.61 bits per heavy atom. The molecular weight excluding hydrogens is 478 g/mol. The maximum absolute atomic E-state index is 13.7. The van der Waals surface area contributed by atoms with Crippen molar-refractivity contribution in [3.8, 4) is 11.5 Å². The summed E-state index contributed by atoms with van der Waals surface area (Å²) in [4.78, 5) is 29.0. The minimum atomic E-state index is -0.741. The van der Waals surface area contributed by atoms with Crippen LogP contribution < -0.4 is 19.8 Å². The molecule has 0 fully saturated rings. The largest absolute Gasteiger partial charge is 0.490 e. The smallest absolute Gasteiger partial charge is 0.297 e. The lowest BCUT2D eigenvalue weighted by Gasteiger charge is -2.23. The van der Waals surface area contributed by atoms with Crippen LogP contribution in [0.4, 0.5) is 5.13 Å². The standard InChI is InChI=1S/C27H27N3O5S/c1-4-9-21-28-29-27(36-21)30-23(16-12-13-19(34-14-5-2)20(15-16)33-6-3)22-24(31)17-10-7-8-11-18(17)35-25(22)26(30)32/h7-8,10-13,15,23H,4-6,9,14H2,1-3H3. The first-order valence-electron chi connectivity index (χ1n) is 12.2. The molecule has 1 aliphatic heterocycles. The molecule has 3 heterocycles. The molecule has 1 unspecified atom stereocenters. The van der Waals surface area contributed by atoms with Gasteiger partial charge in [-0.05, 0) is 49.6 Å². The molecule has 8 nitrogen and oxygen atoms in total. The van der Waals surface area contributed by atoms with Gasteiger partial charge in [0.15, 0.2) is 16.9 Å². The Morgan fingerprint density at radius 2 is 1.83 bits per heavy atom. The number of hydrogen-bond acceptors (Lipinski definition) is 8. The Kier molecular flexibility index (Phi) is 6.73. The highest BCUT2D eigenvalue weighted by atomic mass is 32.1. The molecule has 9 heteroatoms. The van der Waals surface area contributed by atoms with Crippen LogP contribution >= 0.6 is 11.3 Å². The monoisotopic (exact) mass is 505 g/mol. The summed E-state index contributed by atoms with van der Waals surface area (Å²) in [5.74, 6) is 0.783. The number of fused-ring (bicyclic) bond motifs is 2. The number of carbonyl (C=O) groups excluding carboxylic acids is 1. The summed E-state index contributed by atoms with van der Waals surface area (Å²) in [6.07, 6.45) is 2.53. The molecule has 0 saturated heterocycles. The van der Waals surface area contributed by atoms with Crippen molar-refractivity contribution in [2.75, 3.05) is 18.1 Å². The summed E-state index contributed by atoms with van der Waals surface area (Å²) >= 11 is 1.35. The second kappa shape index (κ2) is 10.1. The highest BCUT2D eigenvalue weighted by molar-refractivity contribution is 7.15. The van der Waals surface area contributed by atoms with Crippen LogP contribution in [0.15, 0.2) is 51.7 Å². The number of aromatic nitrogens is 2. The zero-order valence-corrected chi connectivity index (χ0v) is 21.3. The molecule has 1 atom stereocenters. The second-order valence-electron chi connectivity index (χ2n) is 8.46. The fraction of sp³-hybridized carbons (Fsp3) is 0.333. The van der Waals surface area contributed by atoms with Crippen LogP contribution in [0.5, 0.6) is 11.5 Å². The third-order valence-electron chi connectivity index (χ3n) is 5.95. The van der Waals surface area contributed by atoms with Crippen molar-refractivity contribution in [2.24, 2.45) is 0 Å². The molecule has 186 valence electrons. The molecule has 0 aliphatic carbocycles. The molecular formula is C27H27N3O5S. The van der Waals surface area contributed by atoms with Crippen molar-refractivity contribution < 1.29 is 18.7 Å². The highest BCUT2D eigenvalue weighted by Gasteiger charge is 2.45. The number of anilines is 1. The first-order chi connectivity index (χ1) is 17.6. The molecule has 0 bridgehead atoms.